The molecule has 6 heteroatoms. The first kappa shape index (κ1) is 9.53. The van der Waals surface area contributed by atoms with Crippen LogP contribution in [0.1, 0.15) is 24.7 Å². The van der Waals surface area contributed by atoms with Gasteiger partial charge in [0.25, 0.3) is 0 Å². The first-order chi connectivity index (χ1) is 7.75. The van der Waals surface area contributed by atoms with E-state index >= 15 is 0 Å². The van der Waals surface area contributed by atoms with Crippen molar-refractivity contribution >= 4 is 0 Å². The maximum absolute atomic E-state index is 5.20. The van der Waals surface area contributed by atoms with Gasteiger partial charge >= 0.3 is 0 Å². The molecule has 84 valence electrons. The second-order valence-corrected chi connectivity index (χ2v) is 3.96. The number of rotatable bonds is 1. The van der Waals surface area contributed by atoms with Crippen molar-refractivity contribution in [2.45, 2.75) is 26.4 Å². The molecule has 6 nitrogen and oxygen atoms in total. The van der Waals surface area contributed by atoms with Crippen LogP contribution in [0.5, 0.6) is 0 Å². The molecular weight excluding hydrogens is 206 g/mol. The van der Waals surface area contributed by atoms with E-state index in [4.69, 9.17) is 4.42 Å². The van der Waals surface area contributed by atoms with Crippen molar-refractivity contribution in [2.75, 3.05) is 6.54 Å². The van der Waals surface area contributed by atoms with Gasteiger partial charge < -0.3 is 14.3 Å². The molecule has 0 unspecified atom stereocenters. The predicted octanol–water partition coefficient (Wildman–Crippen LogP) is 0.906. The molecule has 0 amide bonds. The van der Waals surface area contributed by atoms with Crippen molar-refractivity contribution in [2.24, 2.45) is 0 Å². The van der Waals surface area contributed by atoms with Gasteiger partial charge in [0.05, 0.1) is 6.04 Å². The molecule has 0 aromatic carbocycles. The summed E-state index contributed by atoms with van der Waals surface area (Å²) in [6, 6.07) is 0.239. The summed E-state index contributed by atoms with van der Waals surface area (Å²) in [5.74, 6) is 2.40. The highest BCUT2D eigenvalue weighted by atomic mass is 16.3. The number of fused-ring (bicyclic) bond motifs is 1. The molecule has 0 saturated heterocycles. The van der Waals surface area contributed by atoms with Gasteiger partial charge in [-0.1, -0.05) is 0 Å². The molecule has 1 N–H and O–H groups in total. The van der Waals surface area contributed by atoms with Crippen LogP contribution in [0.15, 0.2) is 10.7 Å². The van der Waals surface area contributed by atoms with Crippen molar-refractivity contribution in [1.29, 1.82) is 0 Å². The number of aryl methyl sites for hydroxylation is 1. The minimum absolute atomic E-state index is 0.239. The Hall–Kier alpha value is -1.69. The number of nitrogens with one attached hydrogen (secondary N) is 1. The summed E-state index contributed by atoms with van der Waals surface area (Å²) in [6.07, 6.45) is 1.62. The van der Waals surface area contributed by atoms with E-state index in [0.29, 0.717) is 5.89 Å². The molecule has 3 heterocycles. The second kappa shape index (κ2) is 3.41. The van der Waals surface area contributed by atoms with E-state index in [1.807, 2.05) is 6.92 Å². The first-order valence-corrected chi connectivity index (χ1v) is 5.34. The highest BCUT2D eigenvalue weighted by molar-refractivity contribution is 5.47. The molecule has 1 aliphatic heterocycles. The van der Waals surface area contributed by atoms with Gasteiger partial charge in [-0.3, -0.25) is 0 Å². The molecule has 16 heavy (non-hydrogen) atoms. The van der Waals surface area contributed by atoms with Gasteiger partial charge in [0, 0.05) is 20.0 Å². The number of oxazole rings is 1. The van der Waals surface area contributed by atoms with E-state index in [9.17, 15) is 0 Å². The summed E-state index contributed by atoms with van der Waals surface area (Å²) >= 11 is 0. The van der Waals surface area contributed by atoms with Gasteiger partial charge in [-0.25, -0.2) is 4.98 Å². The third-order valence-electron chi connectivity index (χ3n) is 2.80. The van der Waals surface area contributed by atoms with Crippen molar-refractivity contribution in [3.05, 3.63) is 18.0 Å². The topological polar surface area (TPSA) is 68.8 Å². The molecule has 0 aliphatic carbocycles. The molecule has 0 radical (unpaired) electrons. The van der Waals surface area contributed by atoms with Gasteiger partial charge in [0.15, 0.2) is 11.7 Å². The quantitative estimate of drug-likeness (QED) is 0.772. The Balaban J connectivity index is 2.09. The number of hydrogen-bond acceptors (Lipinski definition) is 5. The van der Waals surface area contributed by atoms with Crippen molar-refractivity contribution in [3.8, 4) is 11.5 Å². The zero-order chi connectivity index (χ0) is 11.1. The van der Waals surface area contributed by atoms with Gasteiger partial charge in [0.2, 0.25) is 0 Å². The van der Waals surface area contributed by atoms with Crippen molar-refractivity contribution in [1.82, 2.24) is 25.1 Å². The lowest BCUT2D eigenvalue weighted by molar-refractivity contribution is 0.438. The maximum Gasteiger partial charge on any atom is 0.191 e. The second-order valence-electron chi connectivity index (χ2n) is 3.96. The average Bonchev–Trinajstić information content (AvgIpc) is 2.84. The molecular formula is C10H13N5O. The lowest BCUT2D eigenvalue weighted by Crippen LogP contribution is -2.32. The highest BCUT2D eigenvalue weighted by Gasteiger charge is 2.23. The van der Waals surface area contributed by atoms with E-state index in [1.54, 1.807) is 6.26 Å². The SMILES string of the molecule is Cc1nc(-c2nnc3n2CCN[C@@H]3C)co1. The molecule has 0 bridgehead atoms. The smallest absolute Gasteiger partial charge is 0.191 e. The summed E-state index contributed by atoms with van der Waals surface area (Å²) in [5.41, 5.74) is 0.755. The van der Waals surface area contributed by atoms with Crippen LogP contribution in [0.2, 0.25) is 0 Å². The first-order valence-electron chi connectivity index (χ1n) is 5.34. The summed E-state index contributed by atoms with van der Waals surface area (Å²) in [5, 5.41) is 11.7. The van der Waals surface area contributed by atoms with E-state index < -0.39 is 0 Å². The number of nitrogens with zero attached hydrogens (tertiary/aromatic N) is 4. The maximum atomic E-state index is 5.20. The molecule has 1 atom stereocenters. The summed E-state index contributed by atoms with van der Waals surface area (Å²) in [4.78, 5) is 4.28. The lowest BCUT2D eigenvalue weighted by atomic mass is 10.2. The highest BCUT2D eigenvalue weighted by Crippen LogP contribution is 2.22. The number of hydrogen-bond donors (Lipinski definition) is 1. The minimum atomic E-state index is 0.239. The fourth-order valence-electron chi connectivity index (χ4n) is 2.00. The van der Waals surface area contributed by atoms with Crippen LogP contribution in [0, 0.1) is 6.92 Å². The minimum Gasteiger partial charge on any atom is -0.449 e. The third kappa shape index (κ3) is 1.34. The molecule has 0 saturated carbocycles. The van der Waals surface area contributed by atoms with Crippen LogP contribution in [-0.4, -0.2) is 26.3 Å². The van der Waals surface area contributed by atoms with Crippen LogP contribution in [0.3, 0.4) is 0 Å². The lowest BCUT2D eigenvalue weighted by Gasteiger charge is -2.21. The predicted molar refractivity (Wildman–Crippen MR) is 56.7 cm³/mol. The average molecular weight is 219 g/mol. The monoisotopic (exact) mass is 219 g/mol. The van der Waals surface area contributed by atoms with E-state index in [1.165, 1.54) is 0 Å². The molecule has 0 fully saturated rings. The fourth-order valence-corrected chi connectivity index (χ4v) is 2.00. The Morgan fingerprint density at radius 1 is 1.50 bits per heavy atom. The zero-order valence-corrected chi connectivity index (χ0v) is 9.27. The van der Waals surface area contributed by atoms with Gasteiger partial charge in [0.1, 0.15) is 17.8 Å². The fraction of sp³-hybridized carbons (Fsp3) is 0.500. The largest absolute Gasteiger partial charge is 0.449 e. The van der Waals surface area contributed by atoms with Crippen LogP contribution in [-0.2, 0) is 6.54 Å². The van der Waals surface area contributed by atoms with Crippen molar-refractivity contribution in [3.63, 3.8) is 0 Å². The molecule has 0 spiro atoms. The van der Waals surface area contributed by atoms with Crippen LogP contribution in [0.25, 0.3) is 11.5 Å². The van der Waals surface area contributed by atoms with Gasteiger partial charge in [-0.2, -0.15) is 0 Å². The number of aromatic nitrogens is 4. The zero-order valence-electron chi connectivity index (χ0n) is 9.27. The van der Waals surface area contributed by atoms with Crippen LogP contribution in [0.4, 0.5) is 0 Å². The Morgan fingerprint density at radius 2 is 2.38 bits per heavy atom. The summed E-state index contributed by atoms with van der Waals surface area (Å²) < 4.78 is 7.29. The Bertz CT molecular complexity index is 515. The summed E-state index contributed by atoms with van der Waals surface area (Å²) in [6.45, 7) is 5.70. The standard InChI is InChI=1S/C10H13N5O/c1-6-9-13-14-10(15(9)4-3-11-6)8-5-16-7(2)12-8/h5-6,11H,3-4H2,1-2H3/t6-/m1/s1. The molecule has 2 aromatic rings. The molecule has 1 aliphatic rings. The van der Waals surface area contributed by atoms with Crippen LogP contribution < -0.4 is 5.32 Å². The van der Waals surface area contributed by atoms with E-state index in [0.717, 1.165) is 30.4 Å². The van der Waals surface area contributed by atoms with Gasteiger partial charge in [-0.15, -0.1) is 10.2 Å². The van der Waals surface area contributed by atoms with E-state index in [2.05, 4.69) is 32.0 Å². The Morgan fingerprint density at radius 3 is 3.12 bits per heavy atom. The Labute approximate surface area is 92.7 Å². The van der Waals surface area contributed by atoms with Crippen LogP contribution >= 0.6 is 0 Å². The summed E-state index contributed by atoms with van der Waals surface area (Å²) in [7, 11) is 0. The third-order valence-corrected chi connectivity index (χ3v) is 2.80. The Kier molecular flexibility index (Phi) is 2.03. The normalized spacial score (nSPS) is 19.8. The van der Waals surface area contributed by atoms with Gasteiger partial charge in [-0.05, 0) is 6.92 Å². The molecule has 2 aromatic heterocycles. The van der Waals surface area contributed by atoms with E-state index in [-0.39, 0.29) is 6.04 Å². The molecule has 3 rings (SSSR count). The van der Waals surface area contributed by atoms with Crippen molar-refractivity contribution < 1.29 is 4.42 Å².